The molecule has 146 valence electrons. The zero-order valence-corrected chi connectivity index (χ0v) is 16.7. The van der Waals surface area contributed by atoms with E-state index in [0.29, 0.717) is 22.5 Å². The maximum absolute atomic E-state index is 12.1. The van der Waals surface area contributed by atoms with Gasteiger partial charge in [-0.15, -0.1) is 0 Å². The van der Waals surface area contributed by atoms with Gasteiger partial charge in [-0.05, 0) is 56.3 Å². The second-order valence-electron chi connectivity index (χ2n) is 6.73. The summed E-state index contributed by atoms with van der Waals surface area (Å²) in [7, 11) is 0. The topological polar surface area (TPSA) is 87.5 Å². The Kier molecular flexibility index (Phi) is 7.18. The lowest BCUT2D eigenvalue weighted by Gasteiger charge is -2.36. The number of carbonyl (C=O) groups excluding carboxylic acids is 2. The first kappa shape index (κ1) is 20.2. The van der Waals surface area contributed by atoms with Gasteiger partial charge in [0, 0.05) is 24.7 Å². The zero-order valence-electron chi connectivity index (χ0n) is 15.2. The molecule has 0 saturated carbocycles. The minimum absolute atomic E-state index is 0.0460. The molecule has 2 saturated heterocycles. The maximum Gasteiger partial charge on any atom is 0.284 e. The molecule has 6 nitrogen and oxygen atoms in total. The lowest BCUT2D eigenvalue weighted by atomic mass is 10.0. The number of halogens is 1. The van der Waals surface area contributed by atoms with Crippen molar-refractivity contribution in [1.82, 2.24) is 10.6 Å². The van der Waals surface area contributed by atoms with Gasteiger partial charge in [0.15, 0.2) is 5.78 Å². The van der Waals surface area contributed by atoms with Gasteiger partial charge in [-0.2, -0.15) is 0 Å². The van der Waals surface area contributed by atoms with Gasteiger partial charge in [-0.1, -0.05) is 23.7 Å². The van der Waals surface area contributed by atoms with E-state index < -0.39 is 0 Å². The second kappa shape index (κ2) is 9.59. The molecule has 3 rings (SSSR count). The van der Waals surface area contributed by atoms with E-state index in [4.69, 9.17) is 17.3 Å². The molecular weight excluding hydrogens is 384 g/mol. The summed E-state index contributed by atoms with van der Waals surface area (Å²) in [4.78, 5) is 26.5. The highest BCUT2D eigenvalue weighted by Crippen LogP contribution is 2.35. The molecule has 0 aliphatic carbocycles. The number of hydrogen-bond acceptors (Lipinski definition) is 6. The van der Waals surface area contributed by atoms with Gasteiger partial charge in [0.05, 0.1) is 22.2 Å². The van der Waals surface area contributed by atoms with Crippen molar-refractivity contribution >= 4 is 46.1 Å². The van der Waals surface area contributed by atoms with Gasteiger partial charge in [-0.25, -0.2) is 0 Å². The van der Waals surface area contributed by atoms with Crippen molar-refractivity contribution in [1.29, 1.82) is 0 Å². The zero-order chi connectivity index (χ0) is 19.2. The predicted molar refractivity (Wildman–Crippen MR) is 112 cm³/mol. The van der Waals surface area contributed by atoms with Crippen molar-refractivity contribution in [2.45, 2.75) is 25.3 Å². The number of nitrogens with two attached hydrogens (primary N) is 1. The van der Waals surface area contributed by atoms with Gasteiger partial charge in [-0.3, -0.25) is 9.59 Å². The molecule has 0 spiro atoms. The third-order valence-electron chi connectivity index (χ3n) is 4.73. The van der Waals surface area contributed by atoms with E-state index in [2.05, 4.69) is 15.5 Å². The number of nitrogens with zero attached hydrogens (tertiary/aromatic N) is 1. The van der Waals surface area contributed by atoms with E-state index in [1.807, 2.05) is 18.2 Å². The first-order valence-electron chi connectivity index (χ1n) is 9.26. The standard InChI is InChI=1S/C19H25ClN4O2S/c20-15-6-1-4-13(10-17-16(25)11-23-19(26)27-17)18(15)24-9-2-5-14(12-24)22-8-3-7-21/h1,4,6,10,14,22H,2-3,5,7-9,11-12,21H2,(H,23,26)/b17-10-. The average Bonchev–Trinajstić information content (AvgIpc) is 2.65. The number of nitrogens with one attached hydrogen (secondary N) is 2. The minimum atomic E-state index is -0.202. The molecule has 1 aromatic carbocycles. The van der Waals surface area contributed by atoms with Gasteiger partial charge in [0.2, 0.25) is 0 Å². The summed E-state index contributed by atoms with van der Waals surface area (Å²) in [5, 5.41) is 6.57. The summed E-state index contributed by atoms with van der Waals surface area (Å²) in [6, 6.07) is 6.07. The van der Waals surface area contributed by atoms with Gasteiger partial charge < -0.3 is 21.3 Å². The van der Waals surface area contributed by atoms with Crippen molar-refractivity contribution in [3.8, 4) is 0 Å². The van der Waals surface area contributed by atoms with Crippen LogP contribution in [0, 0.1) is 0 Å². The third kappa shape index (κ3) is 5.25. The number of piperidine rings is 1. The number of carbonyl (C=O) groups is 2. The van der Waals surface area contributed by atoms with Crippen molar-refractivity contribution < 1.29 is 9.59 Å². The summed E-state index contributed by atoms with van der Waals surface area (Å²) in [6.45, 7) is 3.41. The molecule has 0 aromatic heterocycles. The van der Waals surface area contributed by atoms with Crippen LogP contribution < -0.4 is 21.3 Å². The summed E-state index contributed by atoms with van der Waals surface area (Å²) in [6.07, 6.45) is 4.94. The smallest absolute Gasteiger partial charge is 0.284 e. The molecule has 1 aromatic rings. The fourth-order valence-electron chi connectivity index (χ4n) is 3.42. The van der Waals surface area contributed by atoms with Crippen LogP contribution in [0.2, 0.25) is 5.02 Å². The van der Waals surface area contributed by atoms with Crippen LogP contribution >= 0.6 is 23.4 Å². The predicted octanol–water partition coefficient (Wildman–Crippen LogP) is 2.61. The third-order valence-corrected chi connectivity index (χ3v) is 5.93. The number of thioether (sulfide) groups is 1. The van der Waals surface area contributed by atoms with Crippen LogP contribution in [0.15, 0.2) is 23.1 Å². The number of rotatable bonds is 6. The molecule has 2 aliphatic heterocycles. The SMILES string of the molecule is NCCCNC1CCCN(c2c(Cl)cccc2/C=C2\SC(=O)NCC2=O)C1. The molecule has 1 unspecified atom stereocenters. The summed E-state index contributed by atoms with van der Waals surface area (Å²) in [5.41, 5.74) is 7.38. The van der Waals surface area contributed by atoms with Crippen LogP contribution in [-0.2, 0) is 4.79 Å². The van der Waals surface area contributed by atoms with Gasteiger partial charge in [0.25, 0.3) is 5.24 Å². The quantitative estimate of drug-likeness (QED) is 0.495. The Hall–Kier alpha value is -1.54. The molecule has 1 atom stereocenters. The lowest BCUT2D eigenvalue weighted by molar-refractivity contribution is -0.114. The van der Waals surface area contributed by atoms with Crippen LogP contribution in [-0.4, -0.2) is 49.8 Å². The largest absolute Gasteiger partial charge is 0.368 e. The van der Waals surface area contributed by atoms with Crippen LogP contribution in [0.25, 0.3) is 6.08 Å². The highest BCUT2D eigenvalue weighted by molar-refractivity contribution is 8.17. The number of ketones is 1. The number of Topliss-reactive ketones (excluding diaryl/α,β-unsaturated/α-hetero) is 1. The lowest BCUT2D eigenvalue weighted by Crippen LogP contribution is -2.46. The Morgan fingerprint density at radius 3 is 3.07 bits per heavy atom. The molecule has 0 radical (unpaired) electrons. The van der Waals surface area contributed by atoms with E-state index in [1.165, 1.54) is 0 Å². The number of benzene rings is 1. The van der Waals surface area contributed by atoms with E-state index in [-0.39, 0.29) is 17.6 Å². The van der Waals surface area contributed by atoms with Gasteiger partial charge in [0.1, 0.15) is 0 Å². The Morgan fingerprint density at radius 1 is 1.41 bits per heavy atom. The van der Waals surface area contributed by atoms with E-state index in [1.54, 1.807) is 6.08 Å². The number of anilines is 1. The molecule has 2 aliphatic rings. The maximum atomic E-state index is 12.1. The van der Waals surface area contributed by atoms with E-state index >= 15 is 0 Å². The summed E-state index contributed by atoms with van der Waals surface area (Å²) >= 11 is 7.48. The summed E-state index contributed by atoms with van der Waals surface area (Å²) < 4.78 is 0. The Morgan fingerprint density at radius 2 is 2.26 bits per heavy atom. The molecule has 27 heavy (non-hydrogen) atoms. The molecular formula is C19H25ClN4O2S. The van der Waals surface area contributed by atoms with Crippen LogP contribution in [0.5, 0.6) is 0 Å². The van der Waals surface area contributed by atoms with Crippen LogP contribution in [0.3, 0.4) is 0 Å². The fourth-order valence-corrected chi connectivity index (χ4v) is 4.44. The first-order valence-corrected chi connectivity index (χ1v) is 10.5. The fraction of sp³-hybridized carbons (Fsp3) is 0.474. The van der Waals surface area contributed by atoms with Crippen molar-refractivity contribution in [3.63, 3.8) is 0 Å². The molecule has 8 heteroatoms. The number of hydrogen-bond donors (Lipinski definition) is 3. The van der Waals surface area contributed by atoms with Crippen molar-refractivity contribution in [2.24, 2.45) is 5.73 Å². The van der Waals surface area contributed by atoms with E-state index in [9.17, 15) is 9.59 Å². The highest BCUT2D eigenvalue weighted by atomic mass is 35.5. The number of amides is 1. The highest BCUT2D eigenvalue weighted by Gasteiger charge is 2.25. The normalized spacial score (nSPS) is 22.2. The van der Waals surface area contributed by atoms with E-state index in [0.717, 1.165) is 61.9 Å². The first-order chi connectivity index (χ1) is 13.1. The van der Waals surface area contributed by atoms with Gasteiger partial charge >= 0.3 is 0 Å². The van der Waals surface area contributed by atoms with Crippen molar-refractivity contribution in [2.75, 3.05) is 37.6 Å². The molecule has 2 fully saturated rings. The Labute approximate surface area is 168 Å². The van der Waals surface area contributed by atoms with Crippen molar-refractivity contribution in [3.05, 3.63) is 33.7 Å². The Balaban J connectivity index is 1.83. The number of para-hydroxylation sites is 1. The van der Waals surface area contributed by atoms with Crippen LogP contribution in [0.1, 0.15) is 24.8 Å². The summed E-state index contributed by atoms with van der Waals surface area (Å²) in [5.74, 6) is -0.0782. The molecule has 2 heterocycles. The average molecular weight is 409 g/mol. The molecule has 4 N–H and O–H groups in total. The molecule has 0 bridgehead atoms. The Bertz CT molecular complexity index is 740. The second-order valence-corrected chi connectivity index (χ2v) is 8.16. The monoisotopic (exact) mass is 408 g/mol. The minimum Gasteiger partial charge on any atom is -0.368 e. The van der Waals surface area contributed by atoms with Crippen LogP contribution in [0.4, 0.5) is 10.5 Å². The molecule has 1 amide bonds.